The molecule has 0 spiro atoms. The van der Waals surface area contributed by atoms with Crippen LogP contribution in [0.5, 0.6) is 0 Å². The third-order valence-corrected chi connectivity index (χ3v) is 3.70. The Labute approximate surface area is 116 Å². The Balaban J connectivity index is 1.98. The normalized spacial score (nSPS) is 26.0. The van der Waals surface area contributed by atoms with Gasteiger partial charge in [0.1, 0.15) is 11.4 Å². The average Bonchev–Trinajstić information content (AvgIpc) is 3.10. The summed E-state index contributed by atoms with van der Waals surface area (Å²) in [5.74, 6) is -0.302. The van der Waals surface area contributed by atoms with E-state index in [9.17, 15) is 9.50 Å². The zero-order valence-electron chi connectivity index (χ0n) is 10.9. The number of nitrogens with zero attached hydrogens (tertiary/aromatic N) is 3. The summed E-state index contributed by atoms with van der Waals surface area (Å²) < 4.78 is 20.0. The van der Waals surface area contributed by atoms with Crippen molar-refractivity contribution in [1.82, 2.24) is 15.0 Å². The van der Waals surface area contributed by atoms with Crippen molar-refractivity contribution >= 4 is 0 Å². The number of ether oxygens (including phenoxy) is 1. The van der Waals surface area contributed by atoms with Gasteiger partial charge < -0.3 is 9.84 Å². The molecule has 1 fully saturated rings. The molecule has 2 aromatic rings. The van der Waals surface area contributed by atoms with E-state index >= 15 is 0 Å². The molecule has 1 aromatic carbocycles. The molecule has 1 aliphatic heterocycles. The number of aliphatic hydroxyl groups is 1. The van der Waals surface area contributed by atoms with Gasteiger partial charge in [0.25, 0.3) is 0 Å². The second-order valence-corrected chi connectivity index (χ2v) is 5.10. The van der Waals surface area contributed by atoms with Gasteiger partial charge in [0.15, 0.2) is 0 Å². The van der Waals surface area contributed by atoms with Crippen LogP contribution >= 0.6 is 0 Å². The van der Waals surface area contributed by atoms with Gasteiger partial charge in [-0.3, -0.25) is 0 Å². The lowest BCUT2D eigenvalue weighted by atomic mass is 9.87. The third kappa shape index (κ3) is 2.32. The molecule has 0 radical (unpaired) electrons. The largest absolute Gasteiger partial charge is 0.396 e. The predicted molar refractivity (Wildman–Crippen MR) is 69.2 cm³/mol. The Morgan fingerprint density at radius 2 is 2.10 bits per heavy atom. The predicted octanol–water partition coefficient (Wildman–Crippen LogP) is 1.34. The van der Waals surface area contributed by atoms with Gasteiger partial charge in [0, 0.05) is 18.1 Å². The van der Waals surface area contributed by atoms with Gasteiger partial charge in [0.05, 0.1) is 25.5 Å². The van der Waals surface area contributed by atoms with Crippen LogP contribution in [0.4, 0.5) is 4.39 Å². The van der Waals surface area contributed by atoms with Crippen LogP contribution in [0.25, 0.3) is 0 Å². The number of aromatic nitrogens is 3. The summed E-state index contributed by atoms with van der Waals surface area (Å²) >= 11 is 0. The van der Waals surface area contributed by atoms with Crippen molar-refractivity contribution in [3.05, 3.63) is 48.0 Å². The van der Waals surface area contributed by atoms with Crippen molar-refractivity contribution in [1.29, 1.82) is 0 Å². The van der Waals surface area contributed by atoms with E-state index in [4.69, 9.17) is 4.74 Å². The van der Waals surface area contributed by atoms with E-state index in [0.29, 0.717) is 25.1 Å². The quantitative estimate of drug-likeness (QED) is 0.916. The van der Waals surface area contributed by atoms with Crippen molar-refractivity contribution in [2.24, 2.45) is 5.92 Å². The van der Waals surface area contributed by atoms with Crippen LogP contribution in [0.15, 0.2) is 36.7 Å². The molecule has 20 heavy (non-hydrogen) atoms. The first-order valence-corrected chi connectivity index (χ1v) is 6.57. The summed E-state index contributed by atoms with van der Waals surface area (Å²) in [4.78, 5) is 1.49. The molecule has 5 nitrogen and oxygen atoms in total. The van der Waals surface area contributed by atoms with Gasteiger partial charge in [-0.05, 0) is 12.5 Å². The summed E-state index contributed by atoms with van der Waals surface area (Å²) in [6, 6.07) is 6.57. The molecular weight excluding hydrogens is 261 g/mol. The molecule has 1 aliphatic rings. The van der Waals surface area contributed by atoms with Crippen molar-refractivity contribution in [2.75, 3.05) is 13.2 Å². The molecular formula is C14H16FN3O2. The van der Waals surface area contributed by atoms with E-state index < -0.39 is 5.60 Å². The molecule has 0 saturated carbocycles. The Bertz CT molecular complexity index is 576. The minimum atomic E-state index is -0.822. The van der Waals surface area contributed by atoms with Crippen molar-refractivity contribution in [2.45, 2.75) is 18.6 Å². The van der Waals surface area contributed by atoms with Crippen LogP contribution in [0.1, 0.15) is 12.0 Å². The fourth-order valence-corrected chi connectivity index (χ4v) is 2.75. The van der Waals surface area contributed by atoms with Crippen LogP contribution in [-0.2, 0) is 16.9 Å². The van der Waals surface area contributed by atoms with Gasteiger partial charge in [-0.15, -0.1) is 0 Å². The van der Waals surface area contributed by atoms with Crippen LogP contribution in [0, 0.1) is 11.7 Å². The molecule has 6 heteroatoms. The first kappa shape index (κ1) is 13.2. The Morgan fingerprint density at radius 1 is 1.35 bits per heavy atom. The number of rotatable bonds is 4. The van der Waals surface area contributed by atoms with E-state index in [0.717, 1.165) is 0 Å². The fraction of sp³-hybridized carbons (Fsp3) is 0.429. The minimum absolute atomic E-state index is 0.00479. The Hall–Kier alpha value is -1.79. The van der Waals surface area contributed by atoms with Crippen LogP contribution in [0.3, 0.4) is 0 Å². The van der Waals surface area contributed by atoms with E-state index in [2.05, 4.69) is 10.2 Å². The molecule has 0 bridgehead atoms. The molecule has 2 atom stereocenters. The van der Waals surface area contributed by atoms with Crippen LogP contribution < -0.4 is 0 Å². The van der Waals surface area contributed by atoms with Crippen molar-refractivity contribution in [3.63, 3.8) is 0 Å². The van der Waals surface area contributed by atoms with Gasteiger partial charge in [0.2, 0.25) is 0 Å². The average molecular weight is 277 g/mol. The maximum absolute atomic E-state index is 14.2. The Kier molecular flexibility index (Phi) is 3.50. The number of benzene rings is 1. The third-order valence-electron chi connectivity index (χ3n) is 3.70. The number of aliphatic hydroxyl groups excluding tert-OH is 1. The Morgan fingerprint density at radius 3 is 2.75 bits per heavy atom. The molecule has 0 unspecified atom stereocenters. The maximum atomic E-state index is 14.2. The summed E-state index contributed by atoms with van der Waals surface area (Å²) in [7, 11) is 0. The second-order valence-electron chi connectivity index (χ2n) is 5.10. The minimum Gasteiger partial charge on any atom is -0.396 e. The standard InChI is InChI=1S/C14H16FN3O2/c15-13-4-2-1-3-12(13)14(7-11(8-19)9-20-14)10-18-16-5-6-17-18/h1-6,11,19H,7-10H2/t11-,14+/m1/s1. The van der Waals surface area contributed by atoms with E-state index in [1.165, 1.54) is 10.9 Å². The van der Waals surface area contributed by atoms with Gasteiger partial charge >= 0.3 is 0 Å². The second kappa shape index (κ2) is 5.30. The number of hydrogen-bond donors (Lipinski definition) is 1. The first-order valence-electron chi connectivity index (χ1n) is 6.57. The monoisotopic (exact) mass is 277 g/mol. The lowest BCUT2D eigenvalue weighted by Gasteiger charge is -2.28. The number of halogens is 1. The topological polar surface area (TPSA) is 60.2 Å². The molecule has 1 aromatic heterocycles. The fourth-order valence-electron chi connectivity index (χ4n) is 2.75. The van der Waals surface area contributed by atoms with Gasteiger partial charge in [-0.2, -0.15) is 15.0 Å². The highest BCUT2D eigenvalue weighted by molar-refractivity contribution is 5.25. The molecule has 106 valence electrons. The van der Waals surface area contributed by atoms with E-state index in [1.807, 2.05) is 0 Å². The summed E-state index contributed by atoms with van der Waals surface area (Å²) in [6.45, 7) is 0.770. The van der Waals surface area contributed by atoms with Crippen molar-refractivity contribution < 1.29 is 14.2 Å². The lowest BCUT2D eigenvalue weighted by molar-refractivity contribution is -0.0236. The highest BCUT2D eigenvalue weighted by atomic mass is 19.1. The zero-order valence-corrected chi connectivity index (χ0v) is 10.9. The highest BCUT2D eigenvalue weighted by Crippen LogP contribution is 2.41. The maximum Gasteiger partial charge on any atom is 0.129 e. The molecule has 3 rings (SSSR count). The van der Waals surface area contributed by atoms with E-state index in [-0.39, 0.29) is 18.3 Å². The first-order chi connectivity index (χ1) is 9.73. The smallest absolute Gasteiger partial charge is 0.129 e. The van der Waals surface area contributed by atoms with Gasteiger partial charge in [-0.1, -0.05) is 18.2 Å². The summed E-state index contributed by atoms with van der Waals surface area (Å²) in [6.07, 6.45) is 3.70. The molecule has 1 saturated heterocycles. The van der Waals surface area contributed by atoms with Gasteiger partial charge in [-0.25, -0.2) is 4.39 Å². The van der Waals surface area contributed by atoms with Crippen LogP contribution in [-0.4, -0.2) is 33.3 Å². The highest BCUT2D eigenvalue weighted by Gasteiger charge is 2.44. The molecule has 0 amide bonds. The summed E-state index contributed by atoms with van der Waals surface area (Å²) in [5.41, 5.74) is -0.328. The SMILES string of the molecule is OC[C@@H]1CO[C@@](Cn2nccn2)(c2ccccc2F)C1. The van der Waals surface area contributed by atoms with Crippen LogP contribution in [0.2, 0.25) is 0 Å². The number of hydrogen-bond acceptors (Lipinski definition) is 4. The van der Waals surface area contributed by atoms with E-state index in [1.54, 1.807) is 30.6 Å². The zero-order chi connectivity index (χ0) is 14.0. The van der Waals surface area contributed by atoms with Crippen molar-refractivity contribution in [3.8, 4) is 0 Å². The summed E-state index contributed by atoms with van der Waals surface area (Å²) in [5, 5.41) is 17.5. The molecule has 1 N–H and O–H groups in total. The molecule has 2 heterocycles. The molecule has 0 aliphatic carbocycles. The lowest BCUT2D eigenvalue weighted by Crippen LogP contribution is -2.33.